The molecule has 0 radical (unpaired) electrons. The summed E-state index contributed by atoms with van der Waals surface area (Å²) in [6.07, 6.45) is 1.92. The van der Waals surface area contributed by atoms with Gasteiger partial charge in [-0.15, -0.1) is 0 Å². The fraction of sp³-hybridized carbons (Fsp3) is 0.654. The highest BCUT2D eigenvalue weighted by molar-refractivity contribution is 5.95. The molecule has 37 heavy (non-hydrogen) atoms. The van der Waals surface area contributed by atoms with E-state index in [2.05, 4.69) is 16.0 Å². The van der Waals surface area contributed by atoms with Gasteiger partial charge in [0.05, 0.1) is 12.3 Å². The first-order valence-corrected chi connectivity index (χ1v) is 12.5. The Balaban J connectivity index is 2.08. The van der Waals surface area contributed by atoms with E-state index in [1.807, 2.05) is 13.8 Å². The van der Waals surface area contributed by atoms with Crippen LogP contribution in [0.2, 0.25) is 0 Å². The van der Waals surface area contributed by atoms with E-state index < -0.39 is 53.9 Å². The Morgan fingerprint density at radius 2 is 1.81 bits per heavy atom. The van der Waals surface area contributed by atoms with Gasteiger partial charge in [-0.05, 0) is 49.7 Å². The van der Waals surface area contributed by atoms with Crippen molar-refractivity contribution in [3.63, 3.8) is 0 Å². The molecule has 1 aliphatic rings. The lowest BCUT2D eigenvalue weighted by molar-refractivity contribution is -0.144. The summed E-state index contributed by atoms with van der Waals surface area (Å²) in [4.78, 5) is 64.6. The molecular weight excluding hydrogens is 480 g/mol. The molecule has 0 aliphatic carbocycles. The Labute approximate surface area is 218 Å². The van der Waals surface area contributed by atoms with Gasteiger partial charge in [0.1, 0.15) is 31.0 Å². The van der Waals surface area contributed by atoms with Crippen LogP contribution in [0.15, 0.2) is 22.8 Å². The number of ether oxygens (including phenoxy) is 1. The topological polar surface area (TPSA) is 147 Å². The molecule has 1 aromatic heterocycles. The number of rotatable bonds is 10. The van der Waals surface area contributed by atoms with Crippen LogP contribution in [0, 0.1) is 17.3 Å². The van der Waals surface area contributed by atoms with Crippen molar-refractivity contribution in [2.45, 2.75) is 79.6 Å². The fourth-order valence-electron chi connectivity index (χ4n) is 4.00. The normalized spacial score (nSPS) is 19.2. The second kappa shape index (κ2) is 12.7. The van der Waals surface area contributed by atoms with E-state index in [1.165, 1.54) is 18.1 Å². The van der Waals surface area contributed by atoms with Crippen LogP contribution in [0.3, 0.4) is 0 Å². The minimum Gasteiger partial charge on any atom is -0.466 e. The average Bonchev–Trinajstić information content (AvgIpc) is 3.48. The van der Waals surface area contributed by atoms with Gasteiger partial charge in [0, 0.05) is 6.54 Å². The number of ketones is 1. The lowest BCUT2D eigenvalue weighted by Gasteiger charge is -2.35. The second-order valence-corrected chi connectivity index (χ2v) is 11.0. The highest BCUT2D eigenvalue weighted by atomic mass is 16.5. The second-order valence-electron chi connectivity index (χ2n) is 11.0. The summed E-state index contributed by atoms with van der Waals surface area (Å²) < 4.78 is 10.1. The first-order valence-electron chi connectivity index (χ1n) is 12.5. The number of esters is 1. The number of hydrogen-bond acceptors (Lipinski definition) is 7. The SMILES string of the molecule is CC(=O)C(C)NC(=O)C1CC(C(C)C)CN1C(=O)C(NC(=O)NCC(=O)OCc1ccco1)C(C)(C)C. The smallest absolute Gasteiger partial charge is 0.325 e. The predicted octanol–water partition coefficient (Wildman–Crippen LogP) is 2.00. The number of nitrogens with one attached hydrogen (secondary N) is 3. The monoisotopic (exact) mass is 520 g/mol. The zero-order chi connectivity index (χ0) is 27.9. The lowest BCUT2D eigenvalue weighted by atomic mass is 9.85. The highest BCUT2D eigenvalue weighted by Gasteiger charge is 2.45. The Bertz CT molecular complexity index is 968. The van der Waals surface area contributed by atoms with E-state index in [9.17, 15) is 24.0 Å². The molecular formula is C26H40N4O7. The van der Waals surface area contributed by atoms with Crippen molar-refractivity contribution in [3.05, 3.63) is 24.2 Å². The standard InChI is InChI=1S/C26H40N4O7/c1-15(2)18-11-20(23(33)28-16(3)17(4)31)30(13-18)24(34)22(26(5,6)7)29-25(35)27-12-21(32)37-14-19-9-8-10-36-19/h8-10,15-16,18,20,22H,11-14H2,1-7H3,(H,28,33)(H2,27,29,35). The Kier molecular flexibility index (Phi) is 10.3. The van der Waals surface area contributed by atoms with Crippen molar-refractivity contribution in [1.29, 1.82) is 0 Å². The largest absolute Gasteiger partial charge is 0.466 e. The third kappa shape index (κ3) is 8.61. The van der Waals surface area contributed by atoms with Crippen LogP contribution < -0.4 is 16.0 Å². The maximum atomic E-state index is 13.7. The van der Waals surface area contributed by atoms with Gasteiger partial charge in [-0.2, -0.15) is 0 Å². The Hall–Kier alpha value is -3.37. The summed E-state index contributed by atoms with van der Waals surface area (Å²) in [6.45, 7) is 12.4. The predicted molar refractivity (Wildman–Crippen MR) is 135 cm³/mol. The van der Waals surface area contributed by atoms with Gasteiger partial charge >= 0.3 is 12.0 Å². The van der Waals surface area contributed by atoms with Gasteiger partial charge in [-0.3, -0.25) is 19.2 Å². The van der Waals surface area contributed by atoms with Crippen molar-refractivity contribution in [2.75, 3.05) is 13.1 Å². The molecule has 206 valence electrons. The molecule has 11 nitrogen and oxygen atoms in total. The molecule has 0 aromatic carbocycles. The molecule has 1 aromatic rings. The summed E-state index contributed by atoms with van der Waals surface area (Å²) in [5.41, 5.74) is -0.697. The summed E-state index contributed by atoms with van der Waals surface area (Å²) in [6, 6.07) is 0.210. The van der Waals surface area contributed by atoms with Crippen molar-refractivity contribution >= 4 is 29.6 Å². The summed E-state index contributed by atoms with van der Waals surface area (Å²) >= 11 is 0. The molecule has 0 bridgehead atoms. The van der Waals surface area contributed by atoms with Gasteiger partial charge in [0.2, 0.25) is 11.8 Å². The minimum atomic E-state index is -0.974. The molecule has 1 saturated heterocycles. The molecule has 4 amide bonds. The van der Waals surface area contributed by atoms with E-state index in [-0.39, 0.29) is 24.2 Å². The van der Waals surface area contributed by atoms with Crippen LogP contribution in [0.5, 0.6) is 0 Å². The van der Waals surface area contributed by atoms with Crippen molar-refractivity contribution in [1.82, 2.24) is 20.9 Å². The molecule has 1 fully saturated rings. The fourth-order valence-corrected chi connectivity index (χ4v) is 4.00. The van der Waals surface area contributed by atoms with Crippen molar-refractivity contribution < 1.29 is 33.1 Å². The maximum Gasteiger partial charge on any atom is 0.325 e. The van der Waals surface area contributed by atoms with Crippen LogP contribution in [0.25, 0.3) is 0 Å². The molecule has 4 atom stereocenters. The van der Waals surface area contributed by atoms with Crippen LogP contribution in [0.1, 0.15) is 60.6 Å². The Morgan fingerprint density at radius 1 is 1.14 bits per heavy atom. The molecule has 11 heteroatoms. The number of carbonyl (C=O) groups is 5. The molecule has 3 N–H and O–H groups in total. The molecule has 0 spiro atoms. The Morgan fingerprint density at radius 3 is 2.35 bits per heavy atom. The quantitative estimate of drug-likeness (QED) is 0.400. The molecule has 4 unspecified atom stereocenters. The minimum absolute atomic E-state index is 0.0596. The summed E-state index contributed by atoms with van der Waals surface area (Å²) in [5, 5.41) is 7.78. The number of likely N-dealkylation sites (tertiary alicyclic amines) is 1. The van der Waals surface area contributed by atoms with Gasteiger partial charge < -0.3 is 30.0 Å². The lowest BCUT2D eigenvalue weighted by Crippen LogP contribution is -2.59. The first-order chi connectivity index (χ1) is 17.2. The zero-order valence-corrected chi connectivity index (χ0v) is 22.8. The number of furan rings is 1. The van der Waals surface area contributed by atoms with Crippen molar-refractivity contribution in [3.8, 4) is 0 Å². The zero-order valence-electron chi connectivity index (χ0n) is 22.8. The summed E-state index contributed by atoms with van der Waals surface area (Å²) in [5.74, 6) is -0.852. The summed E-state index contributed by atoms with van der Waals surface area (Å²) in [7, 11) is 0. The number of Topliss-reactive ketones (excluding diaryl/α,β-unsaturated/α-hetero) is 1. The highest BCUT2D eigenvalue weighted by Crippen LogP contribution is 2.32. The van der Waals surface area contributed by atoms with Gasteiger partial charge in [0.25, 0.3) is 0 Å². The average molecular weight is 521 g/mol. The maximum absolute atomic E-state index is 13.7. The van der Waals surface area contributed by atoms with E-state index in [0.717, 1.165) is 0 Å². The van der Waals surface area contributed by atoms with E-state index in [0.29, 0.717) is 18.7 Å². The molecule has 2 rings (SSSR count). The third-order valence-electron chi connectivity index (χ3n) is 6.57. The number of hydrogen-bond donors (Lipinski definition) is 3. The third-order valence-corrected chi connectivity index (χ3v) is 6.57. The van der Waals surface area contributed by atoms with Crippen LogP contribution in [-0.4, -0.2) is 65.7 Å². The molecule has 2 heterocycles. The van der Waals surface area contributed by atoms with Crippen molar-refractivity contribution in [2.24, 2.45) is 17.3 Å². The van der Waals surface area contributed by atoms with Crippen LogP contribution in [0.4, 0.5) is 4.79 Å². The van der Waals surface area contributed by atoms with E-state index in [4.69, 9.17) is 9.15 Å². The van der Waals surface area contributed by atoms with Gasteiger partial charge in [-0.1, -0.05) is 34.6 Å². The number of amides is 4. The van der Waals surface area contributed by atoms with E-state index >= 15 is 0 Å². The first kappa shape index (κ1) is 29.9. The van der Waals surface area contributed by atoms with Crippen LogP contribution >= 0.6 is 0 Å². The number of urea groups is 1. The number of carbonyl (C=O) groups excluding carboxylic acids is 5. The van der Waals surface area contributed by atoms with E-state index in [1.54, 1.807) is 39.8 Å². The molecule has 1 aliphatic heterocycles. The number of nitrogens with zero attached hydrogens (tertiary/aromatic N) is 1. The van der Waals surface area contributed by atoms with Gasteiger partial charge in [0.15, 0.2) is 5.78 Å². The van der Waals surface area contributed by atoms with Crippen LogP contribution in [-0.2, 0) is 30.5 Å². The molecule has 0 saturated carbocycles. The van der Waals surface area contributed by atoms with Gasteiger partial charge in [-0.25, -0.2) is 4.79 Å².